The highest BCUT2D eigenvalue weighted by Crippen LogP contribution is 2.26. The minimum absolute atomic E-state index is 0.167. The standard InChI is InChI=1S/C17H22N2O2/c1-2-13-6-3-9-15(12-13)19-17(21)16-14(8-5-11-20)7-4-10-18-16/h4,7,10,13,15,20H,2-3,6,9,11-12H2,1H3,(H,19,21). The number of aliphatic hydroxyl groups excluding tert-OH is 1. The van der Waals surface area contributed by atoms with Crippen LogP contribution in [-0.2, 0) is 0 Å². The average molecular weight is 286 g/mol. The van der Waals surface area contributed by atoms with Gasteiger partial charge in [-0.1, -0.05) is 38.0 Å². The number of aromatic nitrogens is 1. The number of amides is 1. The van der Waals surface area contributed by atoms with Gasteiger partial charge in [-0.05, 0) is 30.9 Å². The molecule has 0 bridgehead atoms. The van der Waals surface area contributed by atoms with Gasteiger partial charge in [-0.3, -0.25) is 4.79 Å². The van der Waals surface area contributed by atoms with Crippen molar-refractivity contribution in [3.8, 4) is 11.8 Å². The van der Waals surface area contributed by atoms with Crippen molar-refractivity contribution >= 4 is 5.91 Å². The molecule has 0 aromatic carbocycles. The second-order valence-corrected chi connectivity index (χ2v) is 5.47. The molecule has 2 atom stereocenters. The Hall–Kier alpha value is -1.86. The summed E-state index contributed by atoms with van der Waals surface area (Å²) >= 11 is 0. The van der Waals surface area contributed by atoms with E-state index in [-0.39, 0.29) is 18.6 Å². The Kier molecular flexibility index (Phi) is 5.77. The maximum atomic E-state index is 12.4. The first kappa shape index (κ1) is 15.5. The number of nitrogens with one attached hydrogen (secondary N) is 1. The molecule has 0 aliphatic heterocycles. The van der Waals surface area contributed by atoms with Gasteiger partial charge < -0.3 is 10.4 Å². The summed E-state index contributed by atoms with van der Waals surface area (Å²) in [6.45, 7) is 1.98. The molecule has 2 rings (SSSR count). The fourth-order valence-electron chi connectivity index (χ4n) is 2.87. The predicted molar refractivity (Wildman–Crippen MR) is 81.7 cm³/mol. The van der Waals surface area contributed by atoms with E-state index in [9.17, 15) is 4.79 Å². The van der Waals surface area contributed by atoms with Gasteiger partial charge in [0.2, 0.25) is 0 Å². The number of carbonyl (C=O) groups excluding carboxylic acids is 1. The van der Waals surface area contributed by atoms with E-state index < -0.39 is 0 Å². The van der Waals surface area contributed by atoms with Crippen molar-refractivity contribution in [1.82, 2.24) is 10.3 Å². The summed E-state index contributed by atoms with van der Waals surface area (Å²) in [6.07, 6.45) is 7.28. The van der Waals surface area contributed by atoms with Gasteiger partial charge in [0.25, 0.3) is 5.91 Å². The lowest BCUT2D eigenvalue weighted by atomic mass is 9.84. The van der Waals surface area contributed by atoms with Crippen molar-refractivity contribution in [1.29, 1.82) is 0 Å². The van der Waals surface area contributed by atoms with Crippen LogP contribution in [0.2, 0.25) is 0 Å². The maximum Gasteiger partial charge on any atom is 0.271 e. The number of pyridine rings is 1. The summed E-state index contributed by atoms with van der Waals surface area (Å²) in [6, 6.07) is 3.73. The van der Waals surface area contributed by atoms with Crippen LogP contribution in [0, 0.1) is 17.8 Å². The highest BCUT2D eigenvalue weighted by atomic mass is 16.2. The number of nitrogens with zero attached hydrogens (tertiary/aromatic N) is 1. The molecule has 1 aliphatic carbocycles. The molecular weight excluding hydrogens is 264 g/mol. The Balaban J connectivity index is 2.06. The van der Waals surface area contributed by atoms with Gasteiger partial charge in [-0.2, -0.15) is 0 Å². The number of hydrogen-bond donors (Lipinski definition) is 2. The van der Waals surface area contributed by atoms with Gasteiger partial charge in [0, 0.05) is 12.2 Å². The summed E-state index contributed by atoms with van der Waals surface area (Å²) in [5, 5.41) is 11.9. The molecule has 0 saturated heterocycles. The second-order valence-electron chi connectivity index (χ2n) is 5.47. The van der Waals surface area contributed by atoms with Crippen LogP contribution >= 0.6 is 0 Å². The molecule has 1 heterocycles. The van der Waals surface area contributed by atoms with Crippen molar-refractivity contribution in [2.45, 2.75) is 45.1 Å². The summed E-state index contributed by atoms with van der Waals surface area (Å²) in [7, 11) is 0. The molecule has 112 valence electrons. The molecule has 0 spiro atoms. The summed E-state index contributed by atoms with van der Waals surface area (Å²) in [5.41, 5.74) is 0.906. The Morgan fingerprint density at radius 2 is 2.38 bits per heavy atom. The zero-order chi connectivity index (χ0) is 15.1. The lowest BCUT2D eigenvalue weighted by Crippen LogP contribution is -2.39. The van der Waals surface area contributed by atoms with Gasteiger partial charge in [-0.25, -0.2) is 4.98 Å². The molecule has 2 unspecified atom stereocenters. The highest BCUT2D eigenvalue weighted by Gasteiger charge is 2.23. The molecule has 4 heteroatoms. The fraction of sp³-hybridized carbons (Fsp3) is 0.529. The first-order valence-electron chi connectivity index (χ1n) is 7.60. The van der Waals surface area contributed by atoms with Crippen LogP contribution in [0.4, 0.5) is 0 Å². The SMILES string of the molecule is CCC1CCCC(NC(=O)c2ncccc2C#CCO)C1. The lowest BCUT2D eigenvalue weighted by Gasteiger charge is -2.29. The van der Waals surface area contributed by atoms with E-state index in [0.29, 0.717) is 17.2 Å². The van der Waals surface area contributed by atoms with E-state index >= 15 is 0 Å². The molecule has 1 saturated carbocycles. The minimum atomic E-state index is -0.225. The van der Waals surface area contributed by atoms with Crippen molar-refractivity contribution in [3.05, 3.63) is 29.6 Å². The number of carbonyl (C=O) groups is 1. The molecule has 1 fully saturated rings. The van der Waals surface area contributed by atoms with Crippen LogP contribution in [0.5, 0.6) is 0 Å². The number of hydrogen-bond acceptors (Lipinski definition) is 3. The smallest absolute Gasteiger partial charge is 0.271 e. The zero-order valence-corrected chi connectivity index (χ0v) is 12.4. The van der Waals surface area contributed by atoms with Crippen LogP contribution in [-0.4, -0.2) is 28.6 Å². The molecule has 4 nitrogen and oxygen atoms in total. The van der Waals surface area contributed by atoms with Crippen LogP contribution in [0.1, 0.15) is 55.1 Å². The van der Waals surface area contributed by atoms with Crippen molar-refractivity contribution < 1.29 is 9.90 Å². The van der Waals surface area contributed by atoms with E-state index in [0.717, 1.165) is 12.8 Å². The quantitative estimate of drug-likeness (QED) is 0.837. The maximum absolute atomic E-state index is 12.4. The summed E-state index contributed by atoms with van der Waals surface area (Å²) in [5.74, 6) is 5.89. The van der Waals surface area contributed by atoms with Crippen LogP contribution in [0.3, 0.4) is 0 Å². The summed E-state index contributed by atoms with van der Waals surface area (Å²) in [4.78, 5) is 16.5. The Morgan fingerprint density at radius 1 is 1.52 bits per heavy atom. The molecule has 21 heavy (non-hydrogen) atoms. The number of rotatable bonds is 3. The Labute approximate surface area is 126 Å². The molecule has 1 aromatic rings. The van der Waals surface area contributed by atoms with Crippen LogP contribution < -0.4 is 5.32 Å². The molecule has 1 amide bonds. The van der Waals surface area contributed by atoms with E-state index in [2.05, 4.69) is 29.1 Å². The van der Waals surface area contributed by atoms with E-state index in [1.807, 2.05) is 0 Å². The van der Waals surface area contributed by atoms with Gasteiger partial charge in [0.15, 0.2) is 0 Å². The molecular formula is C17H22N2O2. The number of aliphatic hydroxyl groups is 1. The van der Waals surface area contributed by atoms with Crippen molar-refractivity contribution in [2.75, 3.05) is 6.61 Å². The highest BCUT2D eigenvalue weighted by molar-refractivity contribution is 5.94. The summed E-state index contributed by atoms with van der Waals surface area (Å²) < 4.78 is 0. The minimum Gasteiger partial charge on any atom is -0.384 e. The molecule has 1 aromatic heterocycles. The lowest BCUT2D eigenvalue weighted by molar-refractivity contribution is 0.0914. The van der Waals surface area contributed by atoms with E-state index in [1.165, 1.54) is 19.3 Å². The molecule has 0 radical (unpaired) electrons. The van der Waals surface area contributed by atoms with Crippen LogP contribution in [0.15, 0.2) is 18.3 Å². The largest absolute Gasteiger partial charge is 0.384 e. The normalized spacial score (nSPS) is 21.2. The monoisotopic (exact) mass is 286 g/mol. The molecule has 2 N–H and O–H groups in total. The zero-order valence-electron chi connectivity index (χ0n) is 12.4. The third-order valence-corrected chi connectivity index (χ3v) is 4.02. The molecule has 1 aliphatic rings. The van der Waals surface area contributed by atoms with Gasteiger partial charge in [-0.15, -0.1) is 0 Å². The predicted octanol–water partition coefficient (Wildman–Crippen LogP) is 2.12. The van der Waals surface area contributed by atoms with E-state index in [1.54, 1.807) is 18.3 Å². The first-order chi connectivity index (χ1) is 10.2. The van der Waals surface area contributed by atoms with Gasteiger partial charge >= 0.3 is 0 Å². The van der Waals surface area contributed by atoms with Gasteiger partial charge in [0.1, 0.15) is 12.3 Å². The second kappa shape index (κ2) is 7.80. The third kappa shape index (κ3) is 4.30. The van der Waals surface area contributed by atoms with Crippen LogP contribution in [0.25, 0.3) is 0 Å². The Morgan fingerprint density at radius 3 is 3.14 bits per heavy atom. The fourth-order valence-corrected chi connectivity index (χ4v) is 2.87. The topological polar surface area (TPSA) is 62.2 Å². The van der Waals surface area contributed by atoms with E-state index in [4.69, 9.17) is 5.11 Å². The first-order valence-corrected chi connectivity index (χ1v) is 7.60. The van der Waals surface area contributed by atoms with Crippen molar-refractivity contribution in [2.24, 2.45) is 5.92 Å². The average Bonchev–Trinajstić information content (AvgIpc) is 2.53. The van der Waals surface area contributed by atoms with Gasteiger partial charge in [0.05, 0.1) is 5.56 Å². The van der Waals surface area contributed by atoms with Crippen molar-refractivity contribution in [3.63, 3.8) is 0 Å². The third-order valence-electron chi connectivity index (χ3n) is 4.02. The Bertz CT molecular complexity index is 545.